The molecule has 0 atom stereocenters. The van der Waals surface area contributed by atoms with Crippen LogP contribution in [0, 0.1) is 0 Å². The molecule has 2 aromatic rings. The van der Waals surface area contributed by atoms with Gasteiger partial charge < -0.3 is 9.87 Å². The summed E-state index contributed by atoms with van der Waals surface area (Å²) in [4.78, 5) is 0. The third-order valence-corrected chi connectivity index (χ3v) is 3.90. The summed E-state index contributed by atoms with van der Waals surface area (Å²) < 4.78 is 32.9. The second kappa shape index (κ2) is 5.55. The minimum absolute atomic E-state index is 0.0317. The van der Waals surface area contributed by atoms with Crippen molar-refractivity contribution in [2.45, 2.75) is 6.54 Å². The van der Waals surface area contributed by atoms with Crippen molar-refractivity contribution >= 4 is 26.6 Å². The predicted octanol–water partition coefficient (Wildman–Crippen LogP) is -0.526. The van der Waals surface area contributed by atoms with Crippen LogP contribution >= 0.6 is 11.3 Å². The van der Waals surface area contributed by atoms with Crippen molar-refractivity contribution in [3.05, 3.63) is 18.5 Å². The first kappa shape index (κ1) is 13.8. The Kier molecular flexibility index (Phi) is 4.02. The van der Waals surface area contributed by atoms with Crippen LogP contribution in [0.3, 0.4) is 0 Å². The zero-order valence-electron chi connectivity index (χ0n) is 9.98. The number of aryl methyl sites for hydroxylation is 1. The van der Waals surface area contributed by atoms with E-state index in [1.807, 2.05) is 0 Å². The maximum absolute atomic E-state index is 10.5. The molecule has 0 fully saturated rings. The van der Waals surface area contributed by atoms with Crippen LogP contribution in [-0.2, 0) is 16.7 Å². The standard InChI is InChI=1S/C9H11N5O3S2/c1-10-9-13-12-8(18-9)7-2-3-14(11-6-7)4-5-19(15,16)17/h2-3,6H,4-5H2,1H3,(H,15,16,17). The molecule has 102 valence electrons. The number of rotatable bonds is 5. The maximum atomic E-state index is 10.5. The van der Waals surface area contributed by atoms with E-state index < -0.39 is 15.9 Å². The van der Waals surface area contributed by atoms with Gasteiger partial charge in [0.25, 0.3) is 0 Å². The van der Waals surface area contributed by atoms with E-state index in [4.69, 9.17) is 0 Å². The van der Waals surface area contributed by atoms with Crippen LogP contribution in [0.15, 0.2) is 18.5 Å². The van der Waals surface area contributed by atoms with Crippen LogP contribution in [0.4, 0.5) is 5.13 Å². The Hall–Kier alpha value is -1.65. The Bertz CT molecular complexity index is 653. The predicted molar refractivity (Wildman–Crippen MR) is 67.4 cm³/mol. The molecule has 0 aliphatic carbocycles. The smallest absolute Gasteiger partial charge is 0.205 e. The van der Waals surface area contributed by atoms with Crippen molar-refractivity contribution in [2.24, 2.45) is 0 Å². The minimum Gasteiger partial charge on any atom is -0.748 e. The molecule has 19 heavy (non-hydrogen) atoms. The van der Waals surface area contributed by atoms with Gasteiger partial charge in [0.1, 0.15) is 16.3 Å². The lowest BCUT2D eigenvalue weighted by atomic mass is 10.3. The van der Waals surface area contributed by atoms with Crippen molar-refractivity contribution in [1.29, 1.82) is 0 Å². The largest absolute Gasteiger partial charge is 0.748 e. The third kappa shape index (κ3) is 3.91. The molecule has 10 heteroatoms. The number of nitrogens with zero attached hydrogens (tertiary/aromatic N) is 4. The summed E-state index contributed by atoms with van der Waals surface area (Å²) in [5.74, 6) is -0.479. The van der Waals surface area contributed by atoms with Crippen LogP contribution in [0.5, 0.6) is 0 Å². The van der Waals surface area contributed by atoms with Crippen molar-refractivity contribution < 1.29 is 17.7 Å². The van der Waals surface area contributed by atoms with Crippen molar-refractivity contribution in [1.82, 2.24) is 15.3 Å². The van der Waals surface area contributed by atoms with Gasteiger partial charge in [0.2, 0.25) is 5.13 Å². The molecule has 0 aliphatic heterocycles. The fraction of sp³-hybridized carbons (Fsp3) is 0.333. The first-order chi connectivity index (χ1) is 8.98. The molecule has 0 radical (unpaired) electrons. The Morgan fingerprint density at radius 2 is 2.26 bits per heavy atom. The summed E-state index contributed by atoms with van der Waals surface area (Å²) in [6.45, 7) is 0.0317. The van der Waals surface area contributed by atoms with Gasteiger partial charge in [-0.3, -0.25) is 0 Å². The highest BCUT2D eigenvalue weighted by molar-refractivity contribution is 7.85. The molecule has 0 amide bonds. The van der Waals surface area contributed by atoms with Crippen molar-refractivity contribution in [3.8, 4) is 10.6 Å². The van der Waals surface area contributed by atoms with Gasteiger partial charge in [-0.2, -0.15) is 0 Å². The average Bonchev–Trinajstić information content (AvgIpc) is 2.85. The van der Waals surface area contributed by atoms with Gasteiger partial charge in [-0.05, 0) is 5.10 Å². The summed E-state index contributed by atoms with van der Waals surface area (Å²) in [6, 6.07) is 1.74. The van der Waals surface area contributed by atoms with Gasteiger partial charge in [-0.1, -0.05) is 16.0 Å². The van der Waals surface area contributed by atoms with Gasteiger partial charge in [-0.25, -0.2) is 8.42 Å². The number of hydrogen-bond donors (Lipinski definition) is 1. The zero-order valence-corrected chi connectivity index (χ0v) is 11.6. The van der Waals surface area contributed by atoms with Crippen LogP contribution in [0.2, 0.25) is 0 Å². The molecule has 8 nitrogen and oxygen atoms in total. The van der Waals surface area contributed by atoms with E-state index in [1.165, 1.54) is 16.0 Å². The van der Waals surface area contributed by atoms with Gasteiger partial charge in [-0.15, -0.1) is 10.2 Å². The second-order valence-corrected chi connectivity index (χ2v) is 6.10. The number of nitrogens with one attached hydrogen (secondary N) is 1. The summed E-state index contributed by atoms with van der Waals surface area (Å²) in [5.41, 5.74) is 0.778. The first-order valence-corrected chi connectivity index (χ1v) is 7.68. The molecule has 0 bridgehead atoms. The molecule has 0 unspecified atom stereocenters. The fourth-order valence-electron chi connectivity index (χ4n) is 1.29. The molecule has 2 heterocycles. The third-order valence-electron chi connectivity index (χ3n) is 2.23. The number of aromatic nitrogens is 4. The molecular formula is C9H11N5O3S2. The van der Waals surface area contributed by atoms with Gasteiger partial charge in [0.05, 0.1) is 5.75 Å². The molecule has 0 aliphatic rings. The molecule has 0 aromatic carbocycles. The molecular weight excluding hydrogens is 290 g/mol. The second-order valence-electron chi connectivity index (χ2n) is 3.60. The van der Waals surface area contributed by atoms with E-state index in [1.54, 1.807) is 25.5 Å². The molecule has 0 saturated carbocycles. The first-order valence-electron chi connectivity index (χ1n) is 5.29. The van der Waals surface area contributed by atoms with E-state index >= 15 is 0 Å². The Labute approximate surface area is 113 Å². The highest BCUT2D eigenvalue weighted by Crippen LogP contribution is 2.24. The quantitative estimate of drug-likeness (QED) is 0.584. The van der Waals surface area contributed by atoms with E-state index in [0.29, 0.717) is 10.1 Å². The van der Waals surface area contributed by atoms with E-state index in [-0.39, 0.29) is 6.54 Å². The Balaban J connectivity index is 2.10. The van der Waals surface area contributed by atoms with Crippen LogP contribution in [0.25, 0.3) is 10.6 Å². The number of hydrogen-bond acceptors (Lipinski definition) is 8. The van der Waals surface area contributed by atoms with Gasteiger partial charge in [0.15, 0.2) is 17.7 Å². The lowest BCUT2D eigenvalue weighted by molar-refractivity contribution is -0.750. The van der Waals surface area contributed by atoms with Crippen LogP contribution < -0.4 is 10.00 Å². The zero-order chi connectivity index (χ0) is 13.9. The molecule has 0 spiro atoms. The molecule has 2 rings (SSSR count). The van der Waals surface area contributed by atoms with Crippen molar-refractivity contribution in [2.75, 3.05) is 18.1 Å². The Morgan fingerprint density at radius 1 is 1.47 bits per heavy atom. The normalized spacial score (nSPS) is 11.5. The summed E-state index contributed by atoms with van der Waals surface area (Å²) in [7, 11) is -2.47. The van der Waals surface area contributed by atoms with Gasteiger partial charge >= 0.3 is 0 Å². The maximum Gasteiger partial charge on any atom is 0.205 e. The van der Waals surface area contributed by atoms with E-state index in [0.717, 1.165) is 5.56 Å². The lowest BCUT2D eigenvalue weighted by Gasteiger charge is -2.02. The summed E-state index contributed by atoms with van der Waals surface area (Å²) in [5, 5.41) is 16.2. The van der Waals surface area contributed by atoms with E-state index in [2.05, 4.69) is 20.6 Å². The molecule has 2 aromatic heterocycles. The molecule has 1 N–H and O–H groups in total. The lowest BCUT2D eigenvalue weighted by Crippen LogP contribution is -2.40. The summed E-state index contributed by atoms with van der Waals surface area (Å²) >= 11 is 1.38. The molecule has 0 saturated heterocycles. The SMILES string of the molecule is CNc1nnc(-c2cc[n+](CCS(=O)(=O)[O-])nc2)s1. The van der Waals surface area contributed by atoms with Crippen LogP contribution in [0.1, 0.15) is 0 Å². The topological polar surface area (TPSA) is 112 Å². The van der Waals surface area contributed by atoms with Crippen molar-refractivity contribution in [3.63, 3.8) is 0 Å². The fourth-order valence-corrected chi connectivity index (χ4v) is 2.39. The minimum atomic E-state index is -4.22. The van der Waals surface area contributed by atoms with Crippen LogP contribution in [-0.4, -0.2) is 41.1 Å². The highest BCUT2D eigenvalue weighted by atomic mass is 32.2. The van der Waals surface area contributed by atoms with Gasteiger partial charge in [0, 0.05) is 18.7 Å². The monoisotopic (exact) mass is 301 g/mol. The summed E-state index contributed by atoms with van der Waals surface area (Å²) in [6.07, 6.45) is 3.15. The van der Waals surface area contributed by atoms with E-state index in [9.17, 15) is 13.0 Å². The average molecular weight is 301 g/mol. The Morgan fingerprint density at radius 3 is 2.79 bits per heavy atom. The highest BCUT2D eigenvalue weighted by Gasteiger charge is 2.10. The number of anilines is 1.